The number of aromatic nitrogens is 3. The van der Waals surface area contributed by atoms with E-state index in [1.54, 1.807) is 0 Å². The number of carbonyl (C=O) groups excluding carboxylic acids is 1. The lowest BCUT2D eigenvalue weighted by atomic mass is 10.1. The molecule has 1 N–H and O–H groups in total. The van der Waals surface area contributed by atoms with Crippen LogP contribution in [0.15, 0.2) is 24.3 Å². The van der Waals surface area contributed by atoms with E-state index in [1.165, 1.54) is 31.2 Å². The Morgan fingerprint density at radius 1 is 1.11 bits per heavy atom. The maximum Gasteiger partial charge on any atom is 0.273 e. The Morgan fingerprint density at radius 2 is 1.82 bits per heavy atom. The van der Waals surface area contributed by atoms with Gasteiger partial charge in [-0.2, -0.15) is 0 Å². The molecule has 2 saturated carbocycles. The van der Waals surface area contributed by atoms with Gasteiger partial charge in [0.25, 0.3) is 5.91 Å². The lowest BCUT2D eigenvalue weighted by Crippen LogP contribution is -2.29. The normalized spacial score (nSPS) is 18.0. The molecule has 1 aromatic heterocycles. The zero-order valence-corrected chi connectivity index (χ0v) is 16.7. The molecule has 1 amide bonds. The largest absolute Gasteiger partial charge is 0.376 e. The Morgan fingerprint density at radius 3 is 2.50 bits per heavy atom. The summed E-state index contributed by atoms with van der Waals surface area (Å²) in [6.45, 7) is 3.13. The number of benzene rings is 1. The van der Waals surface area contributed by atoms with Crippen molar-refractivity contribution in [3.05, 3.63) is 41.2 Å². The van der Waals surface area contributed by atoms with Crippen LogP contribution >= 0.6 is 0 Å². The summed E-state index contributed by atoms with van der Waals surface area (Å²) in [7, 11) is 0. The molecule has 2 aliphatic rings. The fourth-order valence-corrected chi connectivity index (χ4v) is 3.93. The van der Waals surface area contributed by atoms with Crippen molar-refractivity contribution in [1.82, 2.24) is 20.3 Å². The number of aryl methyl sites for hydroxylation is 1. The van der Waals surface area contributed by atoms with E-state index in [1.807, 2.05) is 16.8 Å². The first-order valence-corrected chi connectivity index (χ1v) is 10.6. The SMILES string of the molecule is Cc1ccc(-n2nnc(C(=O)NCCOC3CCCCCC3)c2C2CC2)cc1. The predicted molar refractivity (Wildman–Crippen MR) is 108 cm³/mol. The van der Waals surface area contributed by atoms with E-state index < -0.39 is 0 Å². The molecule has 150 valence electrons. The van der Waals surface area contributed by atoms with E-state index >= 15 is 0 Å². The van der Waals surface area contributed by atoms with Gasteiger partial charge in [-0.3, -0.25) is 4.79 Å². The molecule has 0 aliphatic heterocycles. The Balaban J connectivity index is 1.37. The van der Waals surface area contributed by atoms with Crippen molar-refractivity contribution in [1.29, 1.82) is 0 Å². The Kier molecular flexibility index (Phi) is 6.05. The molecule has 0 saturated heterocycles. The molecule has 2 aliphatic carbocycles. The number of rotatable bonds is 7. The monoisotopic (exact) mass is 382 g/mol. The standard InChI is InChI=1S/C22H30N4O2/c1-16-8-12-18(13-9-16)26-21(17-10-11-17)20(24-25-26)22(27)23-14-15-28-19-6-4-2-3-5-7-19/h8-9,12-13,17,19H,2-7,10-11,14-15H2,1H3,(H,23,27). The molecule has 4 rings (SSSR count). The first kappa shape index (κ1) is 19.1. The van der Waals surface area contributed by atoms with E-state index in [-0.39, 0.29) is 5.91 Å². The summed E-state index contributed by atoms with van der Waals surface area (Å²) in [4.78, 5) is 12.7. The van der Waals surface area contributed by atoms with Crippen LogP contribution in [0.5, 0.6) is 0 Å². The number of nitrogens with one attached hydrogen (secondary N) is 1. The van der Waals surface area contributed by atoms with Gasteiger partial charge in [0.05, 0.1) is 24.1 Å². The zero-order valence-electron chi connectivity index (χ0n) is 16.7. The second-order valence-electron chi connectivity index (χ2n) is 8.09. The van der Waals surface area contributed by atoms with Gasteiger partial charge >= 0.3 is 0 Å². The van der Waals surface area contributed by atoms with E-state index in [2.05, 4.69) is 34.7 Å². The van der Waals surface area contributed by atoms with Crippen LogP contribution in [-0.4, -0.2) is 40.2 Å². The summed E-state index contributed by atoms with van der Waals surface area (Å²) in [5.41, 5.74) is 3.54. The first-order chi connectivity index (χ1) is 13.7. The molecule has 28 heavy (non-hydrogen) atoms. The minimum absolute atomic E-state index is 0.148. The Labute approximate surface area is 166 Å². The molecule has 2 fully saturated rings. The molecule has 0 atom stereocenters. The van der Waals surface area contributed by atoms with Gasteiger partial charge in [0.15, 0.2) is 5.69 Å². The molecule has 0 spiro atoms. The highest BCUT2D eigenvalue weighted by Gasteiger charge is 2.34. The van der Waals surface area contributed by atoms with Gasteiger partial charge < -0.3 is 10.1 Å². The number of carbonyl (C=O) groups is 1. The van der Waals surface area contributed by atoms with Gasteiger partial charge in [0, 0.05) is 12.5 Å². The highest BCUT2D eigenvalue weighted by atomic mass is 16.5. The van der Waals surface area contributed by atoms with Crippen LogP contribution in [0, 0.1) is 6.92 Å². The molecule has 2 aromatic rings. The van der Waals surface area contributed by atoms with Gasteiger partial charge in [0.2, 0.25) is 0 Å². The van der Waals surface area contributed by atoms with Crippen LogP contribution in [0.1, 0.15) is 79.0 Å². The number of nitrogens with zero attached hydrogens (tertiary/aromatic N) is 3. The van der Waals surface area contributed by atoms with Crippen LogP contribution < -0.4 is 5.32 Å². The van der Waals surface area contributed by atoms with Gasteiger partial charge in [-0.1, -0.05) is 48.6 Å². The van der Waals surface area contributed by atoms with Crippen molar-refractivity contribution in [3.8, 4) is 5.69 Å². The first-order valence-electron chi connectivity index (χ1n) is 10.6. The topological polar surface area (TPSA) is 69.0 Å². The van der Waals surface area contributed by atoms with Crippen molar-refractivity contribution in [2.75, 3.05) is 13.2 Å². The molecule has 0 unspecified atom stereocenters. The summed E-state index contributed by atoms with van der Waals surface area (Å²) < 4.78 is 7.80. The molecule has 1 aromatic carbocycles. The zero-order chi connectivity index (χ0) is 19.3. The van der Waals surface area contributed by atoms with E-state index in [0.717, 1.165) is 37.1 Å². The minimum atomic E-state index is -0.148. The third kappa shape index (κ3) is 4.61. The highest BCUT2D eigenvalue weighted by molar-refractivity contribution is 5.93. The average molecular weight is 383 g/mol. The van der Waals surface area contributed by atoms with E-state index in [9.17, 15) is 4.79 Å². The number of ether oxygens (including phenoxy) is 1. The molecule has 1 heterocycles. The van der Waals surface area contributed by atoms with Gasteiger partial charge in [-0.15, -0.1) is 5.10 Å². The van der Waals surface area contributed by atoms with Crippen LogP contribution in [0.4, 0.5) is 0 Å². The molecule has 6 heteroatoms. The second kappa shape index (κ2) is 8.86. The van der Waals surface area contributed by atoms with Gasteiger partial charge in [0.1, 0.15) is 0 Å². The number of hydrogen-bond acceptors (Lipinski definition) is 4. The van der Waals surface area contributed by atoms with Gasteiger partial charge in [-0.05, 0) is 44.7 Å². The third-order valence-electron chi connectivity index (χ3n) is 5.71. The summed E-state index contributed by atoms with van der Waals surface area (Å²) in [5.74, 6) is 0.226. The molecule has 0 radical (unpaired) electrons. The fourth-order valence-electron chi connectivity index (χ4n) is 3.93. The maximum absolute atomic E-state index is 12.7. The molecular formula is C22H30N4O2. The van der Waals surface area contributed by atoms with E-state index in [4.69, 9.17) is 4.74 Å². The van der Waals surface area contributed by atoms with Crippen LogP contribution in [0.3, 0.4) is 0 Å². The number of amides is 1. The summed E-state index contributed by atoms with van der Waals surface area (Å²) in [6.07, 6.45) is 9.95. The Bertz CT molecular complexity index is 787. The van der Waals surface area contributed by atoms with Crippen molar-refractivity contribution in [2.45, 2.75) is 70.3 Å². The second-order valence-corrected chi connectivity index (χ2v) is 8.09. The lowest BCUT2D eigenvalue weighted by Gasteiger charge is -2.15. The average Bonchev–Trinajstić information content (AvgIpc) is 3.50. The van der Waals surface area contributed by atoms with Crippen molar-refractivity contribution >= 4 is 5.91 Å². The molecule has 6 nitrogen and oxygen atoms in total. The van der Waals surface area contributed by atoms with Crippen LogP contribution in [0.2, 0.25) is 0 Å². The third-order valence-corrected chi connectivity index (χ3v) is 5.71. The Hall–Kier alpha value is -2.21. The molecule has 0 bridgehead atoms. The summed E-state index contributed by atoms with van der Waals surface area (Å²) >= 11 is 0. The summed E-state index contributed by atoms with van der Waals surface area (Å²) in [5, 5.41) is 11.5. The maximum atomic E-state index is 12.7. The summed E-state index contributed by atoms with van der Waals surface area (Å²) in [6, 6.07) is 8.16. The lowest BCUT2D eigenvalue weighted by molar-refractivity contribution is 0.0441. The van der Waals surface area contributed by atoms with Gasteiger partial charge in [-0.25, -0.2) is 4.68 Å². The van der Waals surface area contributed by atoms with Crippen molar-refractivity contribution < 1.29 is 9.53 Å². The highest BCUT2D eigenvalue weighted by Crippen LogP contribution is 2.41. The van der Waals surface area contributed by atoms with E-state index in [0.29, 0.717) is 30.9 Å². The number of hydrogen-bond donors (Lipinski definition) is 1. The predicted octanol–water partition coefficient (Wildman–Crippen LogP) is 3.92. The molecular weight excluding hydrogens is 352 g/mol. The smallest absolute Gasteiger partial charge is 0.273 e. The van der Waals surface area contributed by atoms with Crippen molar-refractivity contribution in [2.24, 2.45) is 0 Å². The van der Waals surface area contributed by atoms with Crippen molar-refractivity contribution in [3.63, 3.8) is 0 Å². The van der Waals surface area contributed by atoms with Crippen LogP contribution in [-0.2, 0) is 4.74 Å². The fraction of sp³-hybridized carbons (Fsp3) is 0.591. The quantitative estimate of drug-likeness (QED) is 0.582. The minimum Gasteiger partial charge on any atom is -0.376 e. The van der Waals surface area contributed by atoms with Crippen LogP contribution in [0.25, 0.3) is 5.69 Å².